The maximum Gasteiger partial charge on any atom is -1.00 e. The smallest absolute Gasteiger partial charge is 1.00 e. The number of hydrogen-bond acceptors (Lipinski definition) is 0. The zero-order valence-electron chi connectivity index (χ0n) is 14.3. The molecule has 6 heteroatoms. The van der Waals surface area contributed by atoms with E-state index >= 15 is 0 Å². The number of allylic oxidation sites excluding steroid dienone is 8. The minimum atomic E-state index is -1.31. The summed E-state index contributed by atoms with van der Waals surface area (Å²) in [7, 11) is 2.45. The molecule has 0 amide bonds. The fourth-order valence-corrected chi connectivity index (χ4v) is 41.2. The van der Waals surface area contributed by atoms with Gasteiger partial charge in [-0.15, -0.1) is 0 Å². The molecule has 0 aromatic carbocycles. The van der Waals surface area contributed by atoms with Crippen molar-refractivity contribution in [2.24, 2.45) is 11.8 Å². The Bertz CT molecular complexity index is 505. The fraction of sp³-hybridized carbons (Fsp3) is 0.556. The first-order chi connectivity index (χ1) is 10.8. The van der Waals surface area contributed by atoms with Crippen LogP contribution in [0.5, 0.6) is 0 Å². The number of fused-ring (bicyclic) bond motifs is 2. The van der Waals surface area contributed by atoms with Crippen LogP contribution in [-0.4, -0.2) is 29.6 Å². The molecule has 4 aliphatic rings. The molecule has 0 nitrogen and oxygen atoms in total. The predicted octanol–water partition coefficient (Wildman–Crippen LogP) is -1.22. The Labute approximate surface area is 172 Å². The molecule has 2 heterocycles. The van der Waals surface area contributed by atoms with Gasteiger partial charge in [0.15, 0.2) is 0 Å². The van der Waals surface area contributed by atoms with Crippen molar-refractivity contribution in [2.45, 2.75) is 31.7 Å². The molecular formula is C18H27Cl2P2SiZr. The van der Waals surface area contributed by atoms with Gasteiger partial charge in [0.25, 0.3) is 0 Å². The van der Waals surface area contributed by atoms with Crippen LogP contribution in [0.15, 0.2) is 48.6 Å². The molecule has 4 rings (SSSR count). The standard InChI is InChI=1S/2C8H10P.C2H7Si.2ClH.Zr/c2*1-2-4-8-7(3-1)5-6-9-8;1-3-2;;;/h2*1-5,7-9H,6H2;3H,1-2H3;2*1H;/q;;;;;+2/p-2. The van der Waals surface area contributed by atoms with E-state index in [0.29, 0.717) is 0 Å². The molecule has 2 fully saturated rings. The fourth-order valence-electron chi connectivity index (χ4n) is 5.04. The van der Waals surface area contributed by atoms with Crippen LogP contribution in [0.25, 0.3) is 0 Å². The Morgan fingerprint density at radius 1 is 0.750 bits per heavy atom. The van der Waals surface area contributed by atoms with Crippen molar-refractivity contribution in [2.75, 3.05) is 12.3 Å². The summed E-state index contributed by atoms with van der Waals surface area (Å²) >= 11 is -1.31. The van der Waals surface area contributed by atoms with E-state index in [2.05, 4.69) is 61.7 Å². The van der Waals surface area contributed by atoms with Crippen molar-refractivity contribution >= 4 is 23.1 Å². The molecule has 0 radical (unpaired) electrons. The van der Waals surface area contributed by atoms with Gasteiger partial charge in [-0.2, -0.15) is 0 Å². The number of rotatable bonds is 3. The molecule has 0 aromatic heterocycles. The van der Waals surface area contributed by atoms with Gasteiger partial charge in [-0.1, -0.05) is 0 Å². The first-order valence-corrected chi connectivity index (χ1v) is 21.3. The molecule has 131 valence electrons. The van der Waals surface area contributed by atoms with E-state index in [9.17, 15) is 0 Å². The third-order valence-corrected chi connectivity index (χ3v) is 34.7. The van der Waals surface area contributed by atoms with Gasteiger partial charge >= 0.3 is 148 Å². The van der Waals surface area contributed by atoms with E-state index in [4.69, 9.17) is 0 Å². The van der Waals surface area contributed by atoms with Crippen LogP contribution < -0.4 is 24.8 Å². The molecule has 8 atom stereocenters. The Morgan fingerprint density at radius 2 is 1.17 bits per heavy atom. The van der Waals surface area contributed by atoms with Gasteiger partial charge in [0, 0.05) is 0 Å². The van der Waals surface area contributed by atoms with Crippen LogP contribution in [0.2, 0.25) is 20.3 Å². The molecule has 0 bridgehead atoms. The van der Waals surface area contributed by atoms with Crippen LogP contribution in [0, 0.1) is 11.8 Å². The maximum atomic E-state index is 2.71. The van der Waals surface area contributed by atoms with Crippen molar-refractivity contribution in [1.82, 2.24) is 0 Å². The topological polar surface area (TPSA) is 0 Å². The first kappa shape index (κ1) is 21.8. The van der Waals surface area contributed by atoms with Crippen molar-refractivity contribution in [3.63, 3.8) is 0 Å². The quantitative estimate of drug-likeness (QED) is 0.340. The molecule has 0 spiro atoms. The maximum absolute atomic E-state index is 2.71. The van der Waals surface area contributed by atoms with Gasteiger partial charge in [-0.25, -0.2) is 0 Å². The summed E-state index contributed by atoms with van der Waals surface area (Å²) in [6.45, 7) is 5.43. The van der Waals surface area contributed by atoms with Crippen molar-refractivity contribution in [3.05, 3.63) is 48.6 Å². The summed E-state index contributed by atoms with van der Waals surface area (Å²) in [5.41, 5.74) is 1.86. The Kier molecular flexibility index (Phi) is 8.74. The molecule has 2 aliphatic heterocycles. The summed E-state index contributed by atoms with van der Waals surface area (Å²) in [5.74, 6) is 1.48. The van der Waals surface area contributed by atoms with Crippen LogP contribution >= 0.6 is 17.2 Å². The van der Waals surface area contributed by atoms with Crippen LogP contribution in [0.4, 0.5) is 0 Å². The average Bonchev–Trinajstić information content (AvgIpc) is 3.13. The zero-order valence-corrected chi connectivity index (χ0v) is 21.5. The second-order valence-corrected chi connectivity index (χ2v) is 31.3. The van der Waals surface area contributed by atoms with Gasteiger partial charge in [0.2, 0.25) is 0 Å². The first-order valence-electron chi connectivity index (χ1n) is 8.79. The van der Waals surface area contributed by atoms with Gasteiger partial charge in [-0.05, 0) is 0 Å². The molecule has 24 heavy (non-hydrogen) atoms. The molecule has 2 saturated heterocycles. The minimum Gasteiger partial charge on any atom is -1.00 e. The van der Waals surface area contributed by atoms with E-state index in [0.717, 1.165) is 23.2 Å². The van der Waals surface area contributed by atoms with E-state index < -0.39 is 26.8 Å². The number of hydrogen-bond donors (Lipinski definition) is 0. The normalized spacial score (nSPS) is 40.5. The summed E-state index contributed by atoms with van der Waals surface area (Å²) < 4.78 is 2.37. The number of halogens is 2. The third-order valence-electron chi connectivity index (χ3n) is 5.95. The SMILES string of the molecule is C[SiH](C)[Zr+2]([CH]1CPC2C=CC=CC21)[CH]1CPC2C=CC=CC21.[Cl-].[Cl-]. The van der Waals surface area contributed by atoms with Crippen molar-refractivity contribution in [1.29, 1.82) is 0 Å². The van der Waals surface area contributed by atoms with Gasteiger partial charge in [-0.3, -0.25) is 0 Å². The van der Waals surface area contributed by atoms with Crippen molar-refractivity contribution in [3.8, 4) is 0 Å². The molecule has 2 aliphatic carbocycles. The average molecular weight is 496 g/mol. The summed E-state index contributed by atoms with van der Waals surface area (Å²) in [6.07, 6.45) is 22.8. The Morgan fingerprint density at radius 3 is 1.58 bits per heavy atom. The van der Waals surface area contributed by atoms with E-state index in [-0.39, 0.29) is 24.8 Å². The largest absolute Gasteiger partial charge is 1.00 e. The predicted molar refractivity (Wildman–Crippen MR) is 104 cm³/mol. The summed E-state index contributed by atoms with van der Waals surface area (Å²) in [5, 5.41) is 0. The van der Waals surface area contributed by atoms with E-state index in [1.807, 2.05) is 0 Å². The van der Waals surface area contributed by atoms with Crippen molar-refractivity contribution < 1.29 is 45.7 Å². The Balaban J connectivity index is 0.00000104. The zero-order chi connectivity index (χ0) is 15.1. The van der Waals surface area contributed by atoms with Crippen LogP contribution in [-0.2, 0) is 20.9 Å². The van der Waals surface area contributed by atoms with Gasteiger partial charge in [0.1, 0.15) is 0 Å². The Hall–Kier alpha value is 1.50. The van der Waals surface area contributed by atoms with E-state index in [1.54, 1.807) is 12.3 Å². The minimum absolute atomic E-state index is 0. The molecule has 0 N–H and O–H groups in total. The van der Waals surface area contributed by atoms with Gasteiger partial charge < -0.3 is 24.8 Å². The monoisotopic (exact) mass is 493 g/mol. The molecule has 8 unspecified atom stereocenters. The third kappa shape index (κ3) is 4.16. The second-order valence-electron chi connectivity index (χ2n) is 7.43. The van der Waals surface area contributed by atoms with Crippen LogP contribution in [0.3, 0.4) is 0 Å². The molecule has 0 saturated carbocycles. The second kappa shape index (κ2) is 9.62. The molecular weight excluding hydrogens is 468 g/mol. The van der Waals surface area contributed by atoms with Gasteiger partial charge in [0.05, 0.1) is 0 Å². The molecule has 0 aromatic rings. The summed E-state index contributed by atoms with van der Waals surface area (Å²) in [4.78, 5) is 0. The van der Waals surface area contributed by atoms with Crippen LogP contribution in [0.1, 0.15) is 0 Å². The van der Waals surface area contributed by atoms with E-state index in [1.165, 1.54) is 24.4 Å². The summed E-state index contributed by atoms with van der Waals surface area (Å²) in [6, 6.07) is 0.